The first-order chi connectivity index (χ1) is 9.79. The highest BCUT2D eigenvalue weighted by molar-refractivity contribution is 5.86. The minimum Gasteiger partial charge on any atom is -0.354 e. The van der Waals surface area contributed by atoms with Crippen molar-refractivity contribution in [2.75, 3.05) is 4.90 Å². The Morgan fingerprint density at radius 1 is 1.38 bits per heavy atom. The fourth-order valence-corrected chi connectivity index (χ4v) is 3.74. The van der Waals surface area contributed by atoms with E-state index in [0.717, 1.165) is 12.1 Å². The van der Waals surface area contributed by atoms with Gasteiger partial charge in [0.15, 0.2) is 0 Å². The molecule has 0 aliphatic carbocycles. The molecule has 0 fully saturated rings. The molecule has 21 heavy (non-hydrogen) atoms. The lowest BCUT2D eigenvalue weighted by molar-refractivity contribution is -0.123. The molecule has 1 aliphatic rings. The van der Waals surface area contributed by atoms with Gasteiger partial charge in [0.05, 0.1) is 0 Å². The van der Waals surface area contributed by atoms with E-state index in [0.29, 0.717) is 5.92 Å². The molecule has 116 valence electrons. The molecule has 2 atom stereocenters. The van der Waals surface area contributed by atoms with Crippen LogP contribution in [0.15, 0.2) is 24.3 Å². The van der Waals surface area contributed by atoms with Gasteiger partial charge < -0.3 is 4.90 Å². The average Bonchev–Trinajstić information content (AvgIpc) is 2.41. The van der Waals surface area contributed by atoms with Gasteiger partial charge in [0, 0.05) is 11.2 Å². The van der Waals surface area contributed by atoms with Gasteiger partial charge in [0.2, 0.25) is 0 Å². The zero-order valence-electron chi connectivity index (χ0n) is 13.7. The van der Waals surface area contributed by atoms with Crippen LogP contribution in [0.3, 0.4) is 0 Å². The fourth-order valence-electron chi connectivity index (χ4n) is 3.74. The van der Waals surface area contributed by atoms with Crippen LogP contribution < -0.4 is 16.2 Å². The molecule has 4 heteroatoms. The Kier molecular flexibility index (Phi) is 4.28. The normalized spacial score (nSPS) is 21.9. The van der Waals surface area contributed by atoms with Crippen molar-refractivity contribution in [1.82, 2.24) is 5.43 Å². The van der Waals surface area contributed by atoms with Crippen molar-refractivity contribution in [2.45, 2.75) is 58.5 Å². The Hall–Kier alpha value is -1.55. The second-order valence-corrected chi connectivity index (χ2v) is 7.04. The molecule has 0 aromatic heterocycles. The van der Waals surface area contributed by atoms with Gasteiger partial charge in [-0.05, 0) is 43.7 Å². The van der Waals surface area contributed by atoms with Crippen LogP contribution in [0.1, 0.15) is 52.5 Å². The van der Waals surface area contributed by atoms with Crippen LogP contribution in [0.25, 0.3) is 0 Å². The molecule has 1 heterocycles. The molecule has 0 saturated carbocycles. The predicted octanol–water partition coefficient (Wildman–Crippen LogP) is 2.79. The maximum atomic E-state index is 12.4. The first-order valence-corrected chi connectivity index (χ1v) is 7.68. The number of amides is 1. The number of hydrogen-bond donors (Lipinski definition) is 2. The van der Waals surface area contributed by atoms with Crippen LogP contribution in [-0.4, -0.2) is 17.5 Å². The van der Waals surface area contributed by atoms with Crippen LogP contribution in [0.5, 0.6) is 0 Å². The Morgan fingerprint density at radius 2 is 2.00 bits per heavy atom. The van der Waals surface area contributed by atoms with Crippen molar-refractivity contribution in [3.05, 3.63) is 29.8 Å². The molecule has 0 saturated heterocycles. The standard InChI is InChI=1S/C17H27N3O/c1-11(2)15(16(21)19-18)20-14-9-7-6-8-13(14)12(3)10-17(20,4)5/h6-9,11-12,15H,10,18H2,1-5H3,(H,19,21). The molecule has 0 bridgehead atoms. The largest absolute Gasteiger partial charge is 0.354 e. The van der Waals surface area contributed by atoms with Crippen LogP contribution >= 0.6 is 0 Å². The van der Waals surface area contributed by atoms with Crippen LogP contribution in [0.4, 0.5) is 5.69 Å². The number of nitrogens with one attached hydrogen (secondary N) is 1. The highest BCUT2D eigenvalue weighted by Crippen LogP contribution is 2.45. The Balaban J connectivity index is 2.58. The van der Waals surface area contributed by atoms with Crippen molar-refractivity contribution in [3.63, 3.8) is 0 Å². The molecule has 4 nitrogen and oxygen atoms in total. The van der Waals surface area contributed by atoms with E-state index < -0.39 is 0 Å². The molecular formula is C17H27N3O. The van der Waals surface area contributed by atoms with Crippen molar-refractivity contribution >= 4 is 11.6 Å². The maximum Gasteiger partial charge on any atom is 0.256 e. The topological polar surface area (TPSA) is 58.4 Å². The summed E-state index contributed by atoms with van der Waals surface area (Å²) in [5.41, 5.74) is 4.72. The predicted molar refractivity (Wildman–Crippen MR) is 87.0 cm³/mol. The van der Waals surface area contributed by atoms with Gasteiger partial charge in [-0.2, -0.15) is 0 Å². The van der Waals surface area contributed by atoms with E-state index in [-0.39, 0.29) is 23.4 Å². The number of carbonyl (C=O) groups excluding carboxylic acids is 1. The number of carbonyl (C=O) groups is 1. The summed E-state index contributed by atoms with van der Waals surface area (Å²) in [5, 5.41) is 0. The summed E-state index contributed by atoms with van der Waals surface area (Å²) in [5.74, 6) is 5.97. The van der Waals surface area contributed by atoms with Gasteiger partial charge in [0.25, 0.3) is 5.91 Å². The number of fused-ring (bicyclic) bond motifs is 1. The summed E-state index contributed by atoms with van der Waals surface area (Å²) in [4.78, 5) is 14.6. The molecule has 2 unspecified atom stereocenters. The summed E-state index contributed by atoms with van der Waals surface area (Å²) in [6.07, 6.45) is 1.02. The van der Waals surface area contributed by atoms with Gasteiger partial charge >= 0.3 is 0 Å². The number of hydrazine groups is 1. The number of nitrogens with zero attached hydrogens (tertiary/aromatic N) is 1. The van der Waals surface area contributed by atoms with Gasteiger partial charge in [0.1, 0.15) is 6.04 Å². The van der Waals surface area contributed by atoms with E-state index in [1.807, 2.05) is 6.07 Å². The van der Waals surface area contributed by atoms with Crippen molar-refractivity contribution < 1.29 is 4.79 Å². The van der Waals surface area contributed by atoms with Gasteiger partial charge in [-0.25, -0.2) is 5.84 Å². The highest BCUT2D eigenvalue weighted by Gasteiger charge is 2.43. The lowest BCUT2D eigenvalue weighted by Gasteiger charge is -2.51. The minimum absolute atomic E-state index is 0.0881. The average molecular weight is 289 g/mol. The molecule has 0 spiro atoms. The molecule has 1 aromatic carbocycles. The zero-order valence-corrected chi connectivity index (χ0v) is 13.7. The van der Waals surface area contributed by atoms with Gasteiger partial charge in [-0.15, -0.1) is 0 Å². The molecule has 1 amide bonds. The van der Waals surface area contributed by atoms with Crippen molar-refractivity contribution in [2.24, 2.45) is 11.8 Å². The summed E-state index contributed by atoms with van der Waals surface area (Å²) >= 11 is 0. The van der Waals surface area contributed by atoms with E-state index in [4.69, 9.17) is 5.84 Å². The fraction of sp³-hybridized carbons (Fsp3) is 0.588. The quantitative estimate of drug-likeness (QED) is 0.511. The summed E-state index contributed by atoms with van der Waals surface area (Å²) in [7, 11) is 0. The maximum absolute atomic E-state index is 12.4. The van der Waals surface area contributed by atoms with Crippen LogP contribution in [0.2, 0.25) is 0 Å². The summed E-state index contributed by atoms with van der Waals surface area (Å²) in [6.45, 7) is 10.8. The third-order valence-corrected chi connectivity index (χ3v) is 4.51. The van der Waals surface area contributed by atoms with Crippen LogP contribution in [-0.2, 0) is 4.79 Å². The number of hydrogen-bond acceptors (Lipinski definition) is 3. The van der Waals surface area contributed by atoms with Crippen molar-refractivity contribution in [3.8, 4) is 0 Å². The molecule has 0 radical (unpaired) electrons. The first kappa shape index (κ1) is 15.8. The number of nitrogens with two attached hydrogens (primary N) is 1. The number of para-hydroxylation sites is 1. The minimum atomic E-state index is -0.265. The van der Waals surface area contributed by atoms with Gasteiger partial charge in [-0.3, -0.25) is 10.2 Å². The summed E-state index contributed by atoms with van der Waals surface area (Å²) in [6, 6.07) is 8.13. The van der Waals surface area contributed by atoms with Gasteiger partial charge in [-0.1, -0.05) is 39.0 Å². The van der Waals surface area contributed by atoms with E-state index >= 15 is 0 Å². The zero-order chi connectivity index (χ0) is 15.8. The van der Waals surface area contributed by atoms with E-state index in [2.05, 4.69) is 63.1 Å². The van der Waals surface area contributed by atoms with E-state index in [9.17, 15) is 4.79 Å². The monoisotopic (exact) mass is 289 g/mol. The smallest absolute Gasteiger partial charge is 0.256 e. The lowest BCUT2D eigenvalue weighted by atomic mass is 9.78. The number of rotatable bonds is 3. The molecule has 3 N–H and O–H groups in total. The molecular weight excluding hydrogens is 262 g/mol. The lowest BCUT2D eigenvalue weighted by Crippen LogP contribution is -2.61. The third kappa shape index (κ3) is 2.77. The van der Waals surface area contributed by atoms with Crippen molar-refractivity contribution in [1.29, 1.82) is 0 Å². The molecule has 2 rings (SSSR count). The Bertz CT molecular complexity index is 525. The Labute approximate surface area is 127 Å². The summed E-state index contributed by atoms with van der Waals surface area (Å²) < 4.78 is 0. The molecule has 1 aliphatic heterocycles. The molecule has 1 aromatic rings. The highest BCUT2D eigenvalue weighted by atomic mass is 16.2. The van der Waals surface area contributed by atoms with E-state index in [1.165, 1.54) is 5.56 Å². The SMILES string of the molecule is CC1CC(C)(C)N(C(C(=O)NN)C(C)C)c2ccccc21. The second kappa shape index (κ2) is 5.68. The Morgan fingerprint density at radius 3 is 2.57 bits per heavy atom. The third-order valence-electron chi connectivity index (χ3n) is 4.51. The second-order valence-electron chi connectivity index (χ2n) is 7.04. The van der Waals surface area contributed by atoms with E-state index in [1.54, 1.807) is 0 Å². The van der Waals surface area contributed by atoms with Crippen LogP contribution in [0, 0.1) is 5.92 Å². The number of anilines is 1. The number of benzene rings is 1. The first-order valence-electron chi connectivity index (χ1n) is 7.68.